The number of hydrogen-bond donors (Lipinski definition) is 4. The summed E-state index contributed by atoms with van der Waals surface area (Å²) >= 11 is 0. The molecule has 1 heterocycles. The first kappa shape index (κ1) is 25.1. The van der Waals surface area contributed by atoms with Gasteiger partial charge in [-0.3, -0.25) is 14.6 Å². The first-order valence-corrected chi connectivity index (χ1v) is 12.1. The second kappa shape index (κ2) is 9.91. The van der Waals surface area contributed by atoms with Crippen LogP contribution in [0, 0.1) is 6.92 Å². The summed E-state index contributed by atoms with van der Waals surface area (Å²) in [5.74, 6) is -2.92. The number of anilines is 1. The Kier molecular flexibility index (Phi) is 6.71. The van der Waals surface area contributed by atoms with Crippen molar-refractivity contribution >= 4 is 39.0 Å². The maximum Gasteiger partial charge on any atom is 0.337 e. The third kappa shape index (κ3) is 5.16. The largest absolute Gasteiger partial charge is 0.478 e. The van der Waals surface area contributed by atoms with Crippen LogP contribution in [0.1, 0.15) is 26.4 Å². The molecule has 0 spiro atoms. The maximum absolute atomic E-state index is 12.9. The van der Waals surface area contributed by atoms with Crippen molar-refractivity contribution in [1.82, 2.24) is 9.78 Å². The summed E-state index contributed by atoms with van der Waals surface area (Å²) in [7, 11) is -4.49. The van der Waals surface area contributed by atoms with Crippen molar-refractivity contribution in [1.29, 1.82) is 0 Å². The summed E-state index contributed by atoms with van der Waals surface area (Å²) in [4.78, 5) is 35.4. The molecule has 0 bridgehead atoms. The van der Waals surface area contributed by atoms with E-state index < -0.39 is 38.0 Å². The highest BCUT2D eigenvalue weighted by atomic mass is 32.2. The van der Waals surface area contributed by atoms with E-state index in [1.54, 1.807) is 37.3 Å². The molecule has 4 N–H and O–H groups in total. The lowest BCUT2D eigenvalue weighted by Gasteiger charge is -2.12. The molecule has 13 heteroatoms. The van der Waals surface area contributed by atoms with Crippen LogP contribution in [0.15, 0.2) is 92.7 Å². The number of hydrogen-bond acceptors (Lipinski definition) is 7. The van der Waals surface area contributed by atoms with E-state index in [1.807, 2.05) is 0 Å². The van der Waals surface area contributed by atoms with Crippen molar-refractivity contribution < 1.29 is 28.2 Å². The molecule has 0 amide bonds. The molecule has 0 unspecified atom stereocenters. The van der Waals surface area contributed by atoms with Gasteiger partial charge in [-0.25, -0.2) is 22.7 Å². The van der Waals surface area contributed by atoms with Gasteiger partial charge < -0.3 is 10.2 Å². The number of carboxylic acid groups (broad SMARTS) is 2. The second-order valence-corrected chi connectivity index (χ2v) is 9.35. The Labute approximate surface area is 209 Å². The fourth-order valence-electron chi connectivity index (χ4n) is 3.46. The molecule has 3 aromatic carbocycles. The molecular formula is C24H19N5O7S. The number of carboxylic acids is 2. The van der Waals surface area contributed by atoms with Gasteiger partial charge in [0.2, 0.25) is 0 Å². The van der Waals surface area contributed by atoms with Crippen LogP contribution in [-0.2, 0) is 10.0 Å². The molecule has 0 aliphatic carbocycles. The van der Waals surface area contributed by atoms with Gasteiger partial charge in [-0.15, -0.1) is 5.11 Å². The van der Waals surface area contributed by atoms with E-state index in [0.717, 1.165) is 12.1 Å². The normalized spacial score (nSPS) is 11.5. The molecule has 1 aromatic heterocycles. The van der Waals surface area contributed by atoms with Crippen LogP contribution in [0.2, 0.25) is 0 Å². The summed E-state index contributed by atoms with van der Waals surface area (Å²) < 4.78 is 29.3. The number of carbonyl (C=O) groups is 2. The first-order chi connectivity index (χ1) is 17.6. The standard InChI is InChI=1S/C24H19N5O7S/c1-14-21(22(30)29(27-14)16-7-3-2-4-8-16)26-25-15-11-12-20(18(13-15)24(33)34)37(35,36)28-19-10-6-5-9-17(19)23(31)32/h2-13,27-28H,1H3,(H,31,32)(H,33,34). The summed E-state index contributed by atoms with van der Waals surface area (Å²) in [5, 5.41) is 29.7. The molecule has 0 saturated carbocycles. The Morgan fingerprint density at radius 2 is 1.54 bits per heavy atom. The third-order valence-corrected chi connectivity index (χ3v) is 6.63. The SMILES string of the molecule is Cc1[nH]n(-c2ccccc2)c(=O)c1N=Nc1ccc(S(=O)(=O)Nc2ccccc2C(=O)O)c(C(=O)O)c1. The number of azo groups is 1. The molecule has 0 radical (unpaired) electrons. The molecule has 37 heavy (non-hydrogen) atoms. The average molecular weight is 522 g/mol. The number of sulfonamides is 1. The lowest BCUT2D eigenvalue weighted by molar-refractivity contribution is 0.0684. The number of aryl methyl sites for hydroxylation is 1. The molecule has 0 aliphatic heterocycles. The molecule has 0 saturated heterocycles. The van der Waals surface area contributed by atoms with E-state index in [9.17, 15) is 33.0 Å². The summed E-state index contributed by atoms with van der Waals surface area (Å²) in [6.07, 6.45) is 0. The molecule has 4 aromatic rings. The first-order valence-electron chi connectivity index (χ1n) is 10.6. The van der Waals surface area contributed by atoms with E-state index in [-0.39, 0.29) is 22.6 Å². The van der Waals surface area contributed by atoms with Crippen LogP contribution in [0.4, 0.5) is 17.1 Å². The minimum absolute atomic E-state index is 0.00984. The summed E-state index contributed by atoms with van der Waals surface area (Å²) in [6.45, 7) is 1.62. The van der Waals surface area contributed by atoms with Crippen LogP contribution >= 0.6 is 0 Å². The van der Waals surface area contributed by atoms with Crippen molar-refractivity contribution in [2.45, 2.75) is 11.8 Å². The van der Waals surface area contributed by atoms with Gasteiger partial charge in [-0.2, -0.15) is 5.11 Å². The molecule has 0 fully saturated rings. The van der Waals surface area contributed by atoms with Crippen LogP contribution in [0.3, 0.4) is 0 Å². The smallest absolute Gasteiger partial charge is 0.337 e. The zero-order valence-corrected chi connectivity index (χ0v) is 19.9. The van der Waals surface area contributed by atoms with E-state index in [0.29, 0.717) is 11.4 Å². The number of benzene rings is 3. The Balaban J connectivity index is 1.68. The van der Waals surface area contributed by atoms with Gasteiger partial charge in [0, 0.05) is 0 Å². The van der Waals surface area contributed by atoms with E-state index in [1.165, 1.54) is 35.0 Å². The zero-order valence-electron chi connectivity index (χ0n) is 19.1. The Hall–Kier alpha value is -5.04. The lowest BCUT2D eigenvalue weighted by atomic mass is 10.2. The number of para-hydroxylation sites is 2. The lowest BCUT2D eigenvalue weighted by Crippen LogP contribution is -2.18. The van der Waals surface area contributed by atoms with Crippen LogP contribution in [-0.4, -0.2) is 40.3 Å². The van der Waals surface area contributed by atoms with Crippen molar-refractivity contribution in [3.8, 4) is 5.69 Å². The Morgan fingerprint density at radius 1 is 0.892 bits per heavy atom. The fraction of sp³-hybridized carbons (Fsp3) is 0.0417. The molecule has 4 rings (SSSR count). The molecule has 12 nitrogen and oxygen atoms in total. The topological polar surface area (TPSA) is 183 Å². The van der Waals surface area contributed by atoms with Gasteiger partial charge in [0.15, 0.2) is 5.69 Å². The van der Waals surface area contributed by atoms with Crippen LogP contribution in [0.25, 0.3) is 5.69 Å². The van der Waals surface area contributed by atoms with E-state index in [4.69, 9.17) is 0 Å². The summed E-state index contributed by atoms with van der Waals surface area (Å²) in [6, 6.07) is 17.3. The minimum Gasteiger partial charge on any atom is -0.478 e. The average Bonchev–Trinajstić information content (AvgIpc) is 3.16. The second-order valence-electron chi connectivity index (χ2n) is 7.70. The van der Waals surface area contributed by atoms with Crippen molar-refractivity contribution in [3.05, 3.63) is 100.0 Å². The highest BCUT2D eigenvalue weighted by molar-refractivity contribution is 7.92. The molecule has 0 atom stereocenters. The Morgan fingerprint density at radius 3 is 2.22 bits per heavy atom. The molecule has 188 valence electrons. The third-order valence-electron chi connectivity index (χ3n) is 5.21. The quantitative estimate of drug-likeness (QED) is 0.252. The van der Waals surface area contributed by atoms with Gasteiger partial charge in [0.05, 0.1) is 33.9 Å². The molecule has 0 aliphatic rings. The zero-order chi connectivity index (χ0) is 26.7. The van der Waals surface area contributed by atoms with Gasteiger partial charge >= 0.3 is 11.9 Å². The predicted molar refractivity (Wildman–Crippen MR) is 133 cm³/mol. The van der Waals surface area contributed by atoms with Crippen LogP contribution in [0.5, 0.6) is 0 Å². The van der Waals surface area contributed by atoms with Gasteiger partial charge in [-0.05, 0) is 49.4 Å². The van der Waals surface area contributed by atoms with E-state index in [2.05, 4.69) is 20.0 Å². The highest BCUT2D eigenvalue weighted by Crippen LogP contribution is 2.27. The number of aromatic amines is 1. The number of aromatic nitrogens is 2. The minimum atomic E-state index is -4.49. The van der Waals surface area contributed by atoms with Crippen molar-refractivity contribution in [2.75, 3.05) is 4.72 Å². The fourth-order valence-corrected chi connectivity index (χ4v) is 4.72. The van der Waals surface area contributed by atoms with Gasteiger partial charge in [0.1, 0.15) is 4.90 Å². The summed E-state index contributed by atoms with van der Waals surface area (Å²) in [5.41, 5.74) is -0.675. The Bertz CT molecular complexity index is 1710. The highest BCUT2D eigenvalue weighted by Gasteiger charge is 2.25. The van der Waals surface area contributed by atoms with Gasteiger partial charge in [0.25, 0.3) is 15.6 Å². The molecular weight excluding hydrogens is 502 g/mol. The number of aromatic carboxylic acids is 2. The number of rotatable bonds is 8. The number of nitrogens with zero attached hydrogens (tertiary/aromatic N) is 3. The maximum atomic E-state index is 12.9. The van der Waals surface area contributed by atoms with E-state index >= 15 is 0 Å². The number of H-pyrrole nitrogens is 1. The number of nitrogens with one attached hydrogen (secondary N) is 2. The van der Waals surface area contributed by atoms with Gasteiger partial charge in [-0.1, -0.05) is 30.3 Å². The van der Waals surface area contributed by atoms with Crippen molar-refractivity contribution in [3.63, 3.8) is 0 Å². The monoisotopic (exact) mass is 521 g/mol. The van der Waals surface area contributed by atoms with Crippen LogP contribution < -0.4 is 10.3 Å². The van der Waals surface area contributed by atoms with Crippen molar-refractivity contribution in [2.24, 2.45) is 10.2 Å². The predicted octanol–water partition coefficient (Wildman–Crippen LogP) is 4.09.